The molecule has 0 spiro atoms. The van der Waals surface area contributed by atoms with Crippen molar-refractivity contribution in [3.05, 3.63) is 53.2 Å². The van der Waals surface area contributed by atoms with Gasteiger partial charge in [-0.25, -0.2) is 9.67 Å². The van der Waals surface area contributed by atoms with Gasteiger partial charge in [0.05, 0.1) is 22.8 Å². The van der Waals surface area contributed by atoms with E-state index in [1.165, 1.54) is 11.3 Å². The van der Waals surface area contributed by atoms with Gasteiger partial charge in [-0.3, -0.25) is 10.1 Å². The van der Waals surface area contributed by atoms with E-state index in [1.807, 2.05) is 51.1 Å². The van der Waals surface area contributed by atoms with E-state index in [2.05, 4.69) is 20.6 Å². The molecule has 142 valence electrons. The Hall–Kier alpha value is -3.13. The molecular weight excluding hydrogens is 372 g/mol. The van der Waals surface area contributed by atoms with E-state index in [1.54, 1.807) is 16.9 Å². The summed E-state index contributed by atoms with van der Waals surface area (Å²) in [5, 5.41) is 17.6. The van der Waals surface area contributed by atoms with Crippen LogP contribution in [0.4, 0.5) is 5.13 Å². The Morgan fingerprint density at radius 1 is 1.21 bits per heavy atom. The minimum atomic E-state index is -0.244. The maximum atomic E-state index is 13.1. The van der Waals surface area contributed by atoms with Crippen molar-refractivity contribution in [3.8, 4) is 11.3 Å². The van der Waals surface area contributed by atoms with E-state index < -0.39 is 0 Å². The zero-order valence-electron chi connectivity index (χ0n) is 15.9. The lowest BCUT2D eigenvalue weighted by atomic mass is 10.1. The normalized spacial score (nSPS) is 11.3. The fourth-order valence-corrected chi connectivity index (χ4v) is 3.65. The van der Waals surface area contributed by atoms with Crippen molar-refractivity contribution in [2.75, 3.05) is 5.32 Å². The minimum Gasteiger partial charge on any atom is -0.296 e. The molecule has 3 heterocycles. The van der Waals surface area contributed by atoms with Crippen LogP contribution < -0.4 is 5.32 Å². The molecule has 0 fully saturated rings. The number of fused-ring (bicyclic) bond motifs is 1. The number of benzene rings is 1. The van der Waals surface area contributed by atoms with Crippen molar-refractivity contribution in [2.45, 2.75) is 33.2 Å². The van der Waals surface area contributed by atoms with Crippen LogP contribution in [0.3, 0.4) is 0 Å². The Morgan fingerprint density at radius 2 is 2.00 bits per heavy atom. The molecule has 4 aromatic rings. The highest BCUT2D eigenvalue weighted by Crippen LogP contribution is 2.27. The summed E-state index contributed by atoms with van der Waals surface area (Å²) >= 11 is 1.39. The Kier molecular flexibility index (Phi) is 4.87. The monoisotopic (exact) mass is 392 g/mol. The molecule has 1 amide bonds. The third-order valence-corrected chi connectivity index (χ3v) is 5.52. The van der Waals surface area contributed by atoms with E-state index in [0.717, 1.165) is 16.3 Å². The van der Waals surface area contributed by atoms with E-state index in [9.17, 15) is 4.79 Å². The molecule has 0 radical (unpaired) electrons. The van der Waals surface area contributed by atoms with Gasteiger partial charge >= 0.3 is 0 Å². The molecule has 0 atom stereocenters. The molecule has 3 aromatic heterocycles. The Morgan fingerprint density at radius 3 is 2.68 bits per heavy atom. The average Bonchev–Trinajstić information content (AvgIpc) is 3.34. The second-order valence-electron chi connectivity index (χ2n) is 6.67. The highest BCUT2D eigenvalue weighted by atomic mass is 32.1. The first-order chi connectivity index (χ1) is 13.6. The fraction of sp³-hybridized carbons (Fsp3) is 0.250. The molecule has 8 heteroatoms. The summed E-state index contributed by atoms with van der Waals surface area (Å²) in [6, 6.07) is 11.6. The molecule has 0 saturated carbocycles. The number of rotatable bonds is 5. The summed E-state index contributed by atoms with van der Waals surface area (Å²) in [6.45, 7) is 6.76. The molecule has 4 rings (SSSR count). The van der Waals surface area contributed by atoms with Gasteiger partial charge in [0.25, 0.3) is 5.91 Å². The smallest absolute Gasteiger partial charge is 0.258 e. The third-order valence-electron chi connectivity index (χ3n) is 4.38. The van der Waals surface area contributed by atoms with E-state index >= 15 is 0 Å². The number of pyridine rings is 1. The second kappa shape index (κ2) is 7.47. The SMILES string of the molecule is CCn1ncc2c(C(=O)Nc3nnc(C(C)C)s3)cc(-c3ccccc3)nc21. The fourth-order valence-electron chi connectivity index (χ4n) is 2.91. The van der Waals surface area contributed by atoms with Gasteiger partial charge in [0, 0.05) is 18.0 Å². The van der Waals surface area contributed by atoms with Crippen LogP contribution in [-0.2, 0) is 6.54 Å². The molecular formula is C20H20N6OS. The van der Waals surface area contributed by atoms with Gasteiger partial charge in [-0.1, -0.05) is 55.5 Å². The lowest BCUT2D eigenvalue weighted by Crippen LogP contribution is -2.13. The first-order valence-corrected chi connectivity index (χ1v) is 9.95. The molecule has 0 saturated heterocycles. The van der Waals surface area contributed by atoms with Crippen LogP contribution in [-0.4, -0.2) is 30.9 Å². The maximum Gasteiger partial charge on any atom is 0.258 e. The van der Waals surface area contributed by atoms with E-state index in [4.69, 9.17) is 4.98 Å². The number of aromatic nitrogens is 5. The molecule has 28 heavy (non-hydrogen) atoms. The molecule has 0 aliphatic heterocycles. The summed E-state index contributed by atoms with van der Waals surface area (Å²) in [5.74, 6) is 0.0231. The lowest BCUT2D eigenvalue weighted by molar-refractivity contribution is 0.102. The van der Waals surface area contributed by atoms with Crippen molar-refractivity contribution in [3.63, 3.8) is 0 Å². The molecule has 0 aliphatic carbocycles. The topological polar surface area (TPSA) is 85.6 Å². The van der Waals surface area contributed by atoms with Crippen molar-refractivity contribution >= 4 is 33.4 Å². The molecule has 0 bridgehead atoms. The number of aryl methyl sites for hydroxylation is 1. The zero-order valence-corrected chi connectivity index (χ0v) is 16.7. The summed E-state index contributed by atoms with van der Waals surface area (Å²) in [6.07, 6.45) is 1.69. The van der Waals surface area contributed by atoms with Crippen molar-refractivity contribution in [2.24, 2.45) is 0 Å². The highest BCUT2D eigenvalue weighted by molar-refractivity contribution is 7.15. The number of hydrogen-bond acceptors (Lipinski definition) is 6. The predicted octanol–water partition coefficient (Wildman–Crippen LogP) is 4.35. The Labute approximate surface area is 166 Å². The van der Waals surface area contributed by atoms with Gasteiger partial charge in [0.15, 0.2) is 5.65 Å². The van der Waals surface area contributed by atoms with Crippen LogP contribution in [0.25, 0.3) is 22.3 Å². The van der Waals surface area contributed by atoms with Crippen LogP contribution in [0.15, 0.2) is 42.6 Å². The quantitative estimate of drug-likeness (QED) is 0.546. The van der Waals surface area contributed by atoms with Crippen molar-refractivity contribution in [1.29, 1.82) is 0 Å². The molecule has 1 aromatic carbocycles. The maximum absolute atomic E-state index is 13.1. The number of carbonyl (C=O) groups excluding carboxylic acids is 1. The van der Waals surface area contributed by atoms with Gasteiger partial charge in [-0.15, -0.1) is 10.2 Å². The Balaban J connectivity index is 1.78. The van der Waals surface area contributed by atoms with Crippen LogP contribution >= 0.6 is 11.3 Å². The number of amides is 1. The summed E-state index contributed by atoms with van der Waals surface area (Å²) in [4.78, 5) is 17.8. The molecule has 0 aliphatic rings. The first-order valence-electron chi connectivity index (χ1n) is 9.13. The van der Waals surface area contributed by atoms with E-state index in [-0.39, 0.29) is 11.8 Å². The Bertz CT molecular complexity index is 1130. The van der Waals surface area contributed by atoms with Gasteiger partial charge in [0.1, 0.15) is 5.01 Å². The van der Waals surface area contributed by atoms with Crippen LogP contribution in [0, 0.1) is 0 Å². The largest absolute Gasteiger partial charge is 0.296 e. The van der Waals surface area contributed by atoms with Crippen LogP contribution in [0.5, 0.6) is 0 Å². The highest BCUT2D eigenvalue weighted by Gasteiger charge is 2.19. The molecule has 0 unspecified atom stereocenters. The standard InChI is InChI=1S/C20H20N6OS/c1-4-26-17-15(11-21-26)14(10-16(22-17)13-8-6-5-7-9-13)18(27)23-20-25-24-19(28-20)12(2)3/h5-12H,4H2,1-3H3,(H,23,25,27). The third kappa shape index (κ3) is 3.38. The van der Waals surface area contributed by atoms with E-state index in [0.29, 0.717) is 28.3 Å². The van der Waals surface area contributed by atoms with Gasteiger partial charge in [0.2, 0.25) is 5.13 Å². The minimum absolute atomic E-state index is 0.244. The first kappa shape index (κ1) is 18.2. The summed E-state index contributed by atoms with van der Waals surface area (Å²) < 4.78 is 1.79. The van der Waals surface area contributed by atoms with Crippen LogP contribution in [0.2, 0.25) is 0 Å². The molecule has 1 N–H and O–H groups in total. The number of hydrogen-bond donors (Lipinski definition) is 1. The average molecular weight is 392 g/mol. The van der Waals surface area contributed by atoms with Gasteiger partial charge < -0.3 is 0 Å². The number of anilines is 1. The van der Waals surface area contributed by atoms with Crippen LogP contribution in [0.1, 0.15) is 42.1 Å². The van der Waals surface area contributed by atoms with Gasteiger partial charge in [-0.05, 0) is 13.0 Å². The summed E-state index contributed by atoms with van der Waals surface area (Å²) in [5.41, 5.74) is 2.88. The number of carbonyl (C=O) groups is 1. The lowest BCUT2D eigenvalue weighted by Gasteiger charge is -2.08. The zero-order chi connectivity index (χ0) is 19.7. The second-order valence-corrected chi connectivity index (χ2v) is 7.68. The summed E-state index contributed by atoms with van der Waals surface area (Å²) in [7, 11) is 0. The van der Waals surface area contributed by atoms with Gasteiger partial charge in [-0.2, -0.15) is 5.10 Å². The predicted molar refractivity (Wildman–Crippen MR) is 111 cm³/mol. The van der Waals surface area contributed by atoms with Crippen molar-refractivity contribution < 1.29 is 4.79 Å². The number of nitrogens with one attached hydrogen (secondary N) is 1. The molecule has 7 nitrogen and oxygen atoms in total. The van der Waals surface area contributed by atoms with Crippen molar-refractivity contribution in [1.82, 2.24) is 25.0 Å². The number of nitrogens with zero attached hydrogens (tertiary/aromatic N) is 5.